The van der Waals surface area contributed by atoms with Crippen LogP contribution in [0, 0.1) is 6.92 Å². The van der Waals surface area contributed by atoms with E-state index in [2.05, 4.69) is 10.3 Å². The highest BCUT2D eigenvalue weighted by atomic mass is 32.2. The fourth-order valence-electron chi connectivity index (χ4n) is 4.54. The summed E-state index contributed by atoms with van der Waals surface area (Å²) in [6.45, 7) is 2.78. The normalized spacial score (nSPS) is 14.5. The summed E-state index contributed by atoms with van der Waals surface area (Å²) in [5.41, 5.74) is 4.11. The number of aromatic hydroxyl groups is 1. The molecular weight excluding hydrogens is 466 g/mol. The summed E-state index contributed by atoms with van der Waals surface area (Å²) in [6, 6.07) is 14.1. The zero-order chi connectivity index (χ0) is 24.2. The van der Waals surface area contributed by atoms with E-state index in [1.165, 1.54) is 3.97 Å². The Hall–Kier alpha value is -3.98. The van der Waals surface area contributed by atoms with Crippen LogP contribution in [-0.2, 0) is 22.9 Å². The number of fused-ring (bicyclic) bond motifs is 1. The third kappa shape index (κ3) is 3.59. The van der Waals surface area contributed by atoms with Crippen LogP contribution < -0.4 is 14.8 Å². The lowest BCUT2D eigenvalue weighted by atomic mass is 10.0. The highest BCUT2D eigenvalue weighted by Crippen LogP contribution is 2.44. The Morgan fingerprint density at radius 1 is 1.11 bits per heavy atom. The van der Waals surface area contributed by atoms with Crippen LogP contribution in [0.5, 0.6) is 17.2 Å². The molecule has 0 amide bonds. The Bertz CT molecular complexity index is 1600. The molecule has 0 saturated carbocycles. The molecule has 0 bridgehead atoms. The van der Waals surface area contributed by atoms with Gasteiger partial charge in [0.15, 0.2) is 17.2 Å². The van der Waals surface area contributed by atoms with E-state index >= 15 is 0 Å². The molecule has 0 unspecified atom stereocenters. The van der Waals surface area contributed by atoms with Crippen LogP contribution in [-0.4, -0.2) is 37.0 Å². The number of benzene rings is 3. The van der Waals surface area contributed by atoms with Crippen LogP contribution in [0.15, 0.2) is 64.6 Å². The third-order valence-electron chi connectivity index (χ3n) is 6.35. The lowest BCUT2D eigenvalue weighted by Crippen LogP contribution is -2.12. The molecule has 0 atom stereocenters. The summed E-state index contributed by atoms with van der Waals surface area (Å²) in [5.74, 6) is 1.24. The van der Waals surface area contributed by atoms with Gasteiger partial charge in [0.05, 0.1) is 4.90 Å². The van der Waals surface area contributed by atoms with Crippen molar-refractivity contribution >= 4 is 38.5 Å². The van der Waals surface area contributed by atoms with Crippen LogP contribution in [0.1, 0.15) is 16.7 Å². The monoisotopic (exact) mass is 489 g/mol. The van der Waals surface area contributed by atoms with E-state index in [0.717, 1.165) is 22.4 Å². The van der Waals surface area contributed by atoms with Crippen molar-refractivity contribution in [3.05, 3.63) is 71.4 Å². The highest BCUT2D eigenvalue weighted by Gasteiger charge is 2.28. The summed E-state index contributed by atoms with van der Waals surface area (Å²) in [4.78, 5) is 4.66. The first-order valence-electron chi connectivity index (χ1n) is 11.3. The lowest BCUT2D eigenvalue weighted by molar-refractivity contribution is 0.174. The van der Waals surface area contributed by atoms with Gasteiger partial charge in [-0.05, 0) is 54.8 Å². The predicted octanol–water partition coefficient (Wildman–Crippen LogP) is 4.53. The number of phenols is 1. The van der Waals surface area contributed by atoms with Crippen LogP contribution in [0.3, 0.4) is 0 Å². The predicted molar refractivity (Wildman–Crippen MR) is 134 cm³/mol. The van der Waals surface area contributed by atoms with Gasteiger partial charge < -0.3 is 19.9 Å². The number of anilines is 1. The number of aryl methyl sites for hydroxylation is 1. The summed E-state index contributed by atoms with van der Waals surface area (Å²) >= 11 is 0. The lowest BCUT2D eigenvalue weighted by Gasteiger charge is -2.16. The second kappa shape index (κ2) is 8.06. The minimum absolute atomic E-state index is 0.163. The van der Waals surface area contributed by atoms with E-state index in [0.29, 0.717) is 42.0 Å². The zero-order valence-electron chi connectivity index (χ0n) is 19.0. The molecule has 178 valence electrons. The average molecular weight is 490 g/mol. The van der Waals surface area contributed by atoms with Gasteiger partial charge in [-0.2, -0.15) is 0 Å². The molecule has 0 aliphatic carbocycles. The van der Waals surface area contributed by atoms with Gasteiger partial charge in [0.1, 0.15) is 11.2 Å². The van der Waals surface area contributed by atoms with E-state index in [9.17, 15) is 13.5 Å². The fourth-order valence-corrected chi connectivity index (χ4v) is 5.94. The number of aromatic nitrogens is 1. The first-order chi connectivity index (χ1) is 16.9. The quantitative estimate of drug-likeness (QED) is 0.315. The fraction of sp³-hybridized carbons (Fsp3) is 0.192. The Labute approximate surface area is 202 Å². The molecule has 3 heterocycles. The van der Waals surface area contributed by atoms with Gasteiger partial charge in [0, 0.05) is 36.5 Å². The van der Waals surface area contributed by atoms with Crippen molar-refractivity contribution in [3.8, 4) is 17.2 Å². The first-order valence-corrected chi connectivity index (χ1v) is 12.7. The Morgan fingerprint density at radius 3 is 2.74 bits per heavy atom. The molecule has 2 aliphatic heterocycles. The maximum Gasteiger partial charge on any atom is 0.268 e. The Balaban J connectivity index is 1.42. The van der Waals surface area contributed by atoms with E-state index < -0.39 is 10.0 Å². The Kier molecular flexibility index (Phi) is 4.96. The van der Waals surface area contributed by atoms with Crippen LogP contribution in [0.4, 0.5) is 11.4 Å². The molecule has 35 heavy (non-hydrogen) atoms. The number of hydrogen-bond donors (Lipinski definition) is 2. The maximum atomic E-state index is 13.5. The van der Waals surface area contributed by atoms with E-state index in [1.54, 1.807) is 42.7 Å². The standard InChI is InChI=1S/C26H23N3O5S/c1-16-2-5-19(6-3-16)35(31,32)29-14-18-9-11-27-20-13-21(26(30)25(29)24(18)20)28-10-8-17-4-7-22-23(12-17)34-15-33-22/h2-7,10,12-14,27,30H,8-9,11,15H2,1H3. The van der Waals surface area contributed by atoms with Crippen LogP contribution in [0.25, 0.3) is 10.9 Å². The third-order valence-corrected chi connectivity index (χ3v) is 8.02. The van der Waals surface area contributed by atoms with E-state index in [1.807, 2.05) is 25.1 Å². The summed E-state index contributed by atoms with van der Waals surface area (Å²) in [6.07, 6.45) is 4.47. The van der Waals surface area contributed by atoms with Gasteiger partial charge in [-0.1, -0.05) is 23.8 Å². The number of hydrogen-bond acceptors (Lipinski definition) is 7. The zero-order valence-corrected chi connectivity index (χ0v) is 19.8. The molecule has 0 saturated heterocycles. The summed E-state index contributed by atoms with van der Waals surface area (Å²) in [7, 11) is -3.92. The van der Waals surface area contributed by atoms with Gasteiger partial charge in [0.25, 0.3) is 10.0 Å². The molecule has 2 aliphatic rings. The molecule has 0 fully saturated rings. The van der Waals surface area contributed by atoms with Crippen molar-refractivity contribution in [2.45, 2.75) is 24.7 Å². The largest absolute Gasteiger partial charge is 0.504 e. The second-order valence-corrected chi connectivity index (χ2v) is 10.5. The number of aliphatic imine (C=N–C) groups is 1. The van der Waals surface area contributed by atoms with Crippen molar-refractivity contribution in [1.82, 2.24) is 3.97 Å². The maximum absolute atomic E-state index is 13.5. The second-order valence-electron chi connectivity index (χ2n) is 8.66. The van der Waals surface area contributed by atoms with Crippen molar-refractivity contribution in [3.63, 3.8) is 0 Å². The number of nitrogens with one attached hydrogen (secondary N) is 1. The molecule has 9 heteroatoms. The number of ether oxygens (including phenoxy) is 2. The summed E-state index contributed by atoms with van der Waals surface area (Å²) in [5, 5.41) is 15.2. The SMILES string of the molecule is Cc1ccc(S(=O)(=O)n2cc3c4c(cc(N=CCc5ccc6c(c5)OCO6)c(O)c42)NCC3)cc1. The van der Waals surface area contributed by atoms with Crippen LogP contribution in [0.2, 0.25) is 0 Å². The van der Waals surface area contributed by atoms with E-state index in [4.69, 9.17) is 9.47 Å². The number of phenolic OH excluding ortho intramolecular Hbond substituents is 1. The van der Waals surface area contributed by atoms with Gasteiger partial charge in [-0.25, -0.2) is 12.4 Å². The molecule has 3 aromatic carbocycles. The highest BCUT2D eigenvalue weighted by molar-refractivity contribution is 7.90. The minimum atomic E-state index is -3.92. The molecule has 4 aromatic rings. The van der Waals surface area contributed by atoms with Gasteiger partial charge in [0.2, 0.25) is 6.79 Å². The molecule has 2 N–H and O–H groups in total. The van der Waals surface area contributed by atoms with Crippen LogP contribution >= 0.6 is 0 Å². The first kappa shape index (κ1) is 21.5. The molecule has 0 radical (unpaired) electrons. The van der Waals surface area contributed by atoms with Gasteiger partial charge in [-0.15, -0.1) is 0 Å². The molecular formula is C26H23N3O5S. The smallest absolute Gasteiger partial charge is 0.268 e. The molecule has 8 nitrogen and oxygen atoms in total. The van der Waals surface area contributed by atoms with Crippen molar-refractivity contribution < 1.29 is 23.0 Å². The number of nitrogens with zero attached hydrogens (tertiary/aromatic N) is 2. The average Bonchev–Trinajstić information content (AvgIpc) is 3.48. The number of rotatable bonds is 5. The molecule has 0 spiro atoms. The van der Waals surface area contributed by atoms with Crippen molar-refractivity contribution in [2.24, 2.45) is 4.99 Å². The van der Waals surface area contributed by atoms with Crippen molar-refractivity contribution in [1.29, 1.82) is 0 Å². The Morgan fingerprint density at radius 2 is 1.91 bits per heavy atom. The van der Waals surface area contributed by atoms with Gasteiger partial charge >= 0.3 is 0 Å². The topological polar surface area (TPSA) is 102 Å². The minimum Gasteiger partial charge on any atom is -0.504 e. The van der Waals surface area contributed by atoms with Gasteiger partial charge in [-0.3, -0.25) is 4.99 Å². The molecule has 1 aromatic heterocycles. The summed E-state index contributed by atoms with van der Waals surface area (Å²) < 4.78 is 39.0. The van der Waals surface area contributed by atoms with Crippen molar-refractivity contribution in [2.75, 3.05) is 18.7 Å². The molecule has 6 rings (SSSR count). The van der Waals surface area contributed by atoms with E-state index in [-0.39, 0.29) is 23.0 Å².